The third-order valence-corrected chi connectivity index (χ3v) is 4.30. The monoisotopic (exact) mass is 332 g/mol. The van der Waals surface area contributed by atoms with E-state index in [1.165, 1.54) is 0 Å². The van der Waals surface area contributed by atoms with Gasteiger partial charge >= 0.3 is 0 Å². The third kappa shape index (κ3) is 4.79. The van der Waals surface area contributed by atoms with Crippen LogP contribution in [0.4, 0.5) is 0 Å². The molecule has 1 aromatic carbocycles. The highest BCUT2D eigenvalue weighted by molar-refractivity contribution is 5.89. The summed E-state index contributed by atoms with van der Waals surface area (Å²) in [5.41, 5.74) is 6.05. The van der Waals surface area contributed by atoms with E-state index in [1.807, 2.05) is 23.1 Å². The van der Waals surface area contributed by atoms with Crippen LogP contribution in [0.2, 0.25) is 0 Å². The van der Waals surface area contributed by atoms with Crippen LogP contribution >= 0.6 is 0 Å². The second-order valence-corrected chi connectivity index (χ2v) is 5.98. The van der Waals surface area contributed by atoms with Gasteiger partial charge in [0.25, 0.3) is 0 Å². The Labute approximate surface area is 141 Å². The first-order chi connectivity index (χ1) is 11.5. The largest absolute Gasteiger partial charge is 0.369 e. The van der Waals surface area contributed by atoms with Gasteiger partial charge in [-0.1, -0.05) is 30.3 Å². The predicted molar refractivity (Wildman–Crippen MR) is 89.8 cm³/mol. The molecular formula is C17H24N4O3. The summed E-state index contributed by atoms with van der Waals surface area (Å²) in [6.07, 6.45) is 1.33. The van der Waals surface area contributed by atoms with Crippen LogP contribution < -0.4 is 16.4 Å². The van der Waals surface area contributed by atoms with Crippen molar-refractivity contribution < 1.29 is 14.4 Å². The van der Waals surface area contributed by atoms with Gasteiger partial charge in [-0.25, -0.2) is 0 Å². The minimum Gasteiger partial charge on any atom is -0.369 e. The molecule has 0 aliphatic carbocycles. The number of likely N-dealkylation sites (tertiary alicyclic amines) is 1. The van der Waals surface area contributed by atoms with Crippen molar-refractivity contribution in [3.05, 3.63) is 35.9 Å². The maximum absolute atomic E-state index is 12.3. The van der Waals surface area contributed by atoms with Gasteiger partial charge in [0.05, 0.1) is 6.54 Å². The molecule has 1 heterocycles. The number of primary amides is 1. The van der Waals surface area contributed by atoms with Crippen molar-refractivity contribution in [1.82, 2.24) is 15.5 Å². The number of nitrogens with one attached hydrogen (secondary N) is 2. The van der Waals surface area contributed by atoms with Crippen LogP contribution in [0.3, 0.4) is 0 Å². The first kappa shape index (κ1) is 17.9. The Kier molecular flexibility index (Phi) is 6.31. The molecule has 2 rings (SSSR count). The summed E-state index contributed by atoms with van der Waals surface area (Å²) in [7, 11) is 1.54. The predicted octanol–water partition coefficient (Wildman–Crippen LogP) is -0.213. The van der Waals surface area contributed by atoms with Crippen molar-refractivity contribution in [2.45, 2.75) is 18.9 Å². The van der Waals surface area contributed by atoms with Crippen molar-refractivity contribution in [2.75, 3.05) is 26.7 Å². The zero-order chi connectivity index (χ0) is 17.5. The Bertz CT molecular complexity index is 583. The molecule has 0 bridgehead atoms. The number of carbonyl (C=O) groups excluding carboxylic acids is 3. The highest BCUT2D eigenvalue weighted by Crippen LogP contribution is 2.17. The number of hydrogen-bond acceptors (Lipinski definition) is 4. The fourth-order valence-electron chi connectivity index (χ4n) is 2.88. The normalized spacial score (nSPS) is 17.0. The van der Waals surface area contributed by atoms with Gasteiger partial charge in [-0.05, 0) is 31.5 Å². The highest BCUT2D eigenvalue weighted by Gasteiger charge is 2.26. The van der Waals surface area contributed by atoms with Crippen LogP contribution in [0, 0.1) is 5.92 Å². The van der Waals surface area contributed by atoms with Gasteiger partial charge in [0.2, 0.25) is 17.7 Å². The molecule has 130 valence electrons. The number of nitrogens with two attached hydrogens (primary N) is 1. The Morgan fingerprint density at radius 3 is 2.38 bits per heavy atom. The van der Waals surface area contributed by atoms with Gasteiger partial charge in [0, 0.05) is 13.0 Å². The molecule has 0 radical (unpaired) electrons. The minimum absolute atomic E-state index is 0.104. The zero-order valence-electron chi connectivity index (χ0n) is 13.8. The molecule has 1 aromatic rings. The molecule has 7 heteroatoms. The molecule has 0 aromatic heterocycles. The lowest BCUT2D eigenvalue weighted by molar-refractivity contribution is -0.130. The summed E-state index contributed by atoms with van der Waals surface area (Å²) < 4.78 is 0. The number of piperidine rings is 1. The lowest BCUT2D eigenvalue weighted by atomic mass is 9.96. The Morgan fingerprint density at radius 2 is 1.83 bits per heavy atom. The fraction of sp³-hybridized carbons (Fsp3) is 0.471. The molecule has 1 atom stereocenters. The maximum Gasteiger partial charge on any atom is 0.246 e. The van der Waals surface area contributed by atoms with E-state index in [1.54, 1.807) is 19.2 Å². The van der Waals surface area contributed by atoms with Gasteiger partial charge in [-0.15, -0.1) is 0 Å². The summed E-state index contributed by atoms with van der Waals surface area (Å²) in [5, 5.41) is 5.35. The van der Waals surface area contributed by atoms with E-state index in [0.717, 1.165) is 5.56 Å². The first-order valence-electron chi connectivity index (χ1n) is 8.09. The smallest absolute Gasteiger partial charge is 0.246 e. The Hall–Kier alpha value is -2.41. The van der Waals surface area contributed by atoms with Crippen molar-refractivity contribution in [1.29, 1.82) is 0 Å². The first-order valence-corrected chi connectivity index (χ1v) is 8.09. The maximum atomic E-state index is 12.3. The molecule has 7 nitrogen and oxygen atoms in total. The van der Waals surface area contributed by atoms with Crippen LogP contribution in [0.25, 0.3) is 0 Å². The molecule has 0 saturated carbocycles. The van der Waals surface area contributed by atoms with Gasteiger partial charge < -0.3 is 16.4 Å². The van der Waals surface area contributed by atoms with Crippen molar-refractivity contribution >= 4 is 17.7 Å². The van der Waals surface area contributed by atoms with Gasteiger partial charge in [-0.2, -0.15) is 0 Å². The SMILES string of the molecule is CNC(=O)[C@@H](NC(=O)CN1CCC(C(N)=O)CC1)c1ccccc1. The number of carbonyl (C=O) groups is 3. The van der Waals surface area contributed by atoms with E-state index in [9.17, 15) is 14.4 Å². The topological polar surface area (TPSA) is 105 Å². The summed E-state index contributed by atoms with van der Waals surface area (Å²) in [6.45, 7) is 1.50. The molecule has 1 fully saturated rings. The van der Waals surface area contributed by atoms with E-state index in [-0.39, 0.29) is 30.2 Å². The number of rotatable bonds is 6. The lowest BCUT2D eigenvalue weighted by Crippen LogP contribution is -2.46. The zero-order valence-corrected chi connectivity index (χ0v) is 13.8. The second kappa shape index (κ2) is 8.44. The standard InChI is InChI=1S/C17H24N4O3/c1-19-17(24)15(12-5-3-2-4-6-12)20-14(22)11-21-9-7-13(8-10-21)16(18)23/h2-6,13,15H,7-11H2,1H3,(H2,18,23)(H,19,24)(H,20,22)/t15-/m0/s1. The molecular weight excluding hydrogens is 308 g/mol. The summed E-state index contributed by atoms with van der Waals surface area (Å²) in [6, 6.07) is 8.40. The van der Waals surface area contributed by atoms with Crippen molar-refractivity contribution in [3.8, 4) is 0 Å². The minimum atomic E-state index is -0.716. The molecule has 0 unspecified atom stereocenters. The van der Waals surface area contributed by atoms with Crippen LogP contribution in [0.1, 0.15) is 24.4 Å². The molecule has 0 spiro atoms. The van der Waals surface area contributed by atoms with Crippen LogP contribution in [-0.4, -0.2) is 49.3 Å². The average Bonchev–Trinajstić information content (AvgIpc) is 2.60. The van der Waals surface area contributed by atoms with Crippen LogP contribution in [0.5, 0.6) is 0 Å². The van der Waals surface area contributed by atoms with Crippen LogP contribution in [-0.2, 0) is 14.4 Å². The Morgan fingerprint density at radius 1 is 1.21 bits per heavy atom. The fourth-order valence-corrected chi connectivity index (χ4v) is 2.88. The van der Waals surface area contributed by atoms with E-state index in [2.05, 4.69) is 10.6 Å². The van der Waals surface area contributed by atoms with Crippen molar-refractivity contribution in [3.63, 3.8) is 0 Å². The molecule has 24 heavy (non-hydrogen) atoms. The molecule has 1 aliphatic rings. The van der Waals surface area contributed by atoms with E-state index >= 15 is 0 Å². The quantitative estimate of drug-likeness (QED) is 0.670. The Balaban J connectivity index is 1.92. The number of amides is 3. The van der Waals surface area contributed by atoms with E-state index in [0.29, 0.717) is 25.9 Å². The number of nitrogens with zero attached hydrogens (tertiary/aromatic N) is 1. The van der Waals surface area contributed by atoms with E-state index < -0.39 is 6.04 Å². The van der Waals surface area contributed by atoms with Gasteiger partial charge in [0.15, 0.2) is 0 Å². The third-order valence-electron chi connectivity index (χ3n) is 4.30. The van der Waals surface area contributed by atoms with Crippen molar-refractivity contribution in [2.24, 2.45) is 11.7 Å². The molecule has 1 saturated heterocycles. The van der Waals surface area contributed by atoms with Crippen LogP contribution in [0.15, 0.2) is 30.3 Å². The molecule has 4 N–H and O–H groups in total. The lowest BCUT2D eigenvalue weighted by Gasteiger charge is -2.30. The molecule has 1 aliphatic heterocycles. The van der Waals surface area contributed by atoms with Gasteiger partial charge in [-0.3, -0.25) is 19.3 Å². The second-order valence-electron chi connectivity index (χ2n) is 5.98. The summed E-state index contributed by atoms with van der Waals surface area (Å²) >= 11 is 0. The van der Waals surface area contributed by atoms with Gasteiger partial charge in [0.1, 0.15) is 6.04 Å². The highest BCUT2D eigenvalue weighted by atomic mass is 16.2. The average molecular weight is 332 g/mol. The number of benzene rings is 1. The number of hydrogen-bond donors (Lipinski definition) is 3. The number of likely N-dealkylation sites (N-methyl/N-ethyl adjacent to an activating group) is 1. The summed E-state index contributed by atoms with van der Waals surface area (Å²) in [4.78, 5) is 37.5. The molecule has 3 amide bonds. The van der Waals surface area contributed by atoms with E-state index in [4.69, 9.17) is 5.73 Å². The summed E-state index contributed by atoms with van der Waals surface area (Å²) in [5.74, 6) is -0.859.